The van der Waals surface area contributed by atoms with E-state index in [4.69, 9.17) is 0 Å². The lowest BCUT2D eigenvalue weighted by Gasteiger charge is -2.05. The maximum atomic E-state index is 13.1. The fraction of sp³-hybridized carbons (Fsp3) is 0.353. The molecule has 0 fully saturated rings. The summed E-state index contributed by atoms with van der Waals surface area (Å²) < 4.78 is 15.1. The lowest BCUT2D eigenvalue weighted by Crippen LogP contribution is -2.24. The van der Waals surface area contributed by atoms with Crippen LogP contribution in [0.5, 0.6) is 0 Å². The molecule has 126 valence electrons. The molecule has 24 heavy (non-hydrogen) atoms. The van der Waals surface area contributed by atoms with Crippen LogP contribution in [-0.4, -0.2) is 32.0 Å². The van der Waals surface area contributed by atoms with Crippen molar-refractivity contribution in [2.45, 2.75) is 32.2 Å². The number of nitrogens with zero attached hydrogens (tertiary/aromatic N) is 3. The van der Waals surface area contributed by atoms with Gasteiger partial charge in [0.05, 0.1) is 17.4 Å². The highest BCUT2D eigenvalue weighted by atomic mass is 19.1. The SMILES string of the molecule is O=C(CCCn1ccnc1)NCCCc1nc2ccc(F)cc2[nH]1. The molecule has 6 nitrogen and oxygen atoms in total. The van der Waals surface area contributed by atoms with E-state index in [2.05, 4.69) is 20.3 Å². The van der Waals surface area contributed by atoms with E-state index < -0.39 is 0 Å². The normalized spacial score (nSPS) is 11.0. The van der Waals surface area contributed by atoms with Gasteiger partial charge in [-0.2, -0.15) is 0 Å². The average molecular weight is 329 g/mol. The number of aromatic nitrogens is 4. The van der Waals surface area contributed by atoms with E-state index >= 15 is 0 Å². The number of aromatic amines is 1. The number of halogens is 1. The summed E-state index contributed by atoms with van der Waals surface area (Å²) in [5.74, 6) is 0.590. The first-order valence-corrected chi connectivity index (χ1v) is 8.07. The zero-order valence-electron chi connectivity index (χ0n) is 13.3. The molecule has 0 saturated heterocycles. The van der Waals surface area contributed by atoms with Crippen LogP contribution >= 0.6 is 0 Å². The number of carbonyl (C=O) groups excluding carboxylic acids is 1. The predicted octanol–water partition coefficient (Wildman–Crippen LogP) is 2.43. The molecule has 0 aliphatic heterocycles. The van der Waals surface area contributed by atoms with Crippen molar-refractivity contribution in [2.24, 2.45) is 0 Å². The maximum Gasteiger partial charge on any atom is 0.220 e. The third kappa shape index (κ3) is 4.41. The number of H-pyrrole nitrogens is 1. The second kappa shape index (κ2) is 7.72. The summed E-state index contributed by atoms with van der Waals surface area (Å²) in [5, 5.41) is 2.91. The smallest absolute Gasteiger partial charge is 0.220 e. The van der Waals surface area contributed by atoms with E-state index in [1.165, 1.54) is 12.1 Å². The zero-order chi connectivity index (χ0) is 16.8. The molecule has 2 N–H and O–H groups in total. The second-order valence-electron chi connectivity index (χ2n) is 5.70. The number of amides is 1. The summed E-state index contributed by atoms with van der Waals surface area (Å²) in [6.07, 6.45) is 8.15. The van der Waals surface area contributed by atoms with Crippen molar-refractivity contribution in [1.29, 1.82) is 0 Å². The number of fused-ring (bicyclic) bond motifs is 1. The van der Waals surface area contributed by atoms with Crippen LogP contribution in [0.1, 0.15) is 25.1 Å². The van der Waals surface area contributed by atoms with Gasteiger partial charge >= 0.3 is 0 Å². The number of benzene rings is 1. The minimum absolute atomic E-state index is 0.0572. The fourth-order valence-corrected chi connectivity index (χ4v) is 2.57. The molecule has 1 aromatic carbocycles. The number of aryl methyl sites for hydroxylation is 2. The molecule has 0 radical (unpaired) electrons. The molecule has 0 atom stereocenters. The highest BCUT2D eigenvalue weighted by Crippen LogP contribution is 2.13. The van der Waals surface area contributed by atoms with E-state index in [0.717, 1.165) is 30.7 Å². The van der Waals surface area contributed by atoms with Crippen LogP contribution in [-0.2, 0) is 17.8 Å². The summed E-state index contributed by atoms with van der Waals surface area (Å²) in [6, 6.07) is 4.50. The molecule has 3 rings (SSSR count). The summed E-state index contributed by atoms with van der Waals surface area (Å²) >= 11 is 0. The number of hydrogen-bond acceptors (Lipinski definition) is 3. The molecule has 1 amide bonds. The van der Waals surface area contributed by atoms with Gasteiger partial charge in [0.15, 0.2) is 0 Å². The van der Waals surface area contributed by atoms with Crippen LogP contribution < -0.4 is 5.32 Å². The summed E-state index contributed by atoms with van der Waals surface area (Å²) in [7, 11) is 0. The monoisotopic (exact) mass is 329 g/mol. The van der Waals surface area contributed by atoms with E-state index in [-0.39, 0.29) is 11.7 Å². The Morgan fingerprint density at radius 2 is 2.25 bits per heavy atom. The lowest BCUT2D eigenvalue weighted by molar-refractivity contribution is -0.121. The van der Waals surface area contributed by atoms with Gasteiger partial charge in [0.25, 0.3) is 0 Å². The first kappa shape index (κ1) is 16.2. The fourth-order valence-electron chi connectivity index (χ4n) is 2.57. The van der Waals surface area contributed by atoms with Crippen molar-refractivity contribution in [2.75, 3.05) is 6.54 Å². The van der Waals surface area contributed by atoms with Crippen molar-refractivity contribution in [3.8, 4) is 0 Å². The molecule has 2 aromatic heterocycles. The van der Waals surface area contributed by atoms with Crippen LogP contribution in [0.2, 0.25) is 0 Å². The first-order valence-electron chi connectivity index (χ1n) is 8.07. The Kier molecular flexibility index (Phi) is 5.20. The van der Waals surface area contributed by atoms with Gasteiger partial charge in [-0.1, -0.05) is 0 Å². The van der Waals surface area contributed by atoms with Gasteiger partial charge in [-0.25, -0.2) is 14.4 Å². The molecular weight excluding hydrogens is 309 g/mol. The highest BCUT2D eigenvalue weighted by molar-refractivity contribution is 5.76. The van der Waals surface area contributed by atoms with Crippen molar-refractivity contribution in [1.82, 2.24) is 24.8 Å². The minimum atomic E-state index is -0.277. The first-order chi connectivity index (χ1) is 11.7. The van der Waals surface area contributed by atoms with Crippen molar-refractivity contribution in [3.63, 3.8) is 0 Å². The Hall–Kier alpha value is -2.70. The third-order valence-corrected chi connectivity index (χ3v) is 3.78. The lowest BCUT2D eigenvalue weighted by atomic mass is 10.2. The number of carbonyl (C=O) groups is 1. The van der Waals surface area contributed by atoms with Crippen LogP contribution in [0, 0.1) is 5.82 Å². The summed E-state index contributed by atoms with van der Waals surface area (Å²) in [5.41, 5.74) is 1.46. The van der Waals surface area contributed by atoms with E-state index in [1.54, 1.807) is 18.6 Å². The Morgan fingerprint density at radius 3 is 3.08 bits per heavy atom. The Morgan fingerprint density at radius 1 is 1.33 bits per heavy atom. The summed E-state index contributed by atoms with van der Waals surface area (Å²) in [6.45, 7) is 1.40. The van der Waals surface area contributed by atoms with Gasteiger partial charge in [-0.3, -0.25) is 4.79 Å². The molecule has 0 saturated carbocycles. The van der Waals surface area contributed by atoms with Gasteiger partial charge in [0.1, 0.15) is 11.6 Å². The Labute approximate surface area is 139 Å². The van der Waals surface area contributed by atoms with Crippen LogP contribution in [0.3, 0.4) is 0 Å². The van der Waals surface area contributed by atoms with Gasteiger partial charge in [0.2, 0.25) is 5.91 Å². The molecule has 0 spiro atoms. The molecule has 7 heteroatoms. The van der Waals surface area contributed by atoms with Crippen molar-refractivity contribution >= 4 is 16.9 Å². The second-order valence-corrected chi connectivity index (χ2v) is 5.70. The van der Waals surface area contributed by atoms with Gasteiger partial charge < -0.3 is 14.9 Å². The predicted molar refractivity (Wildman–Crippen MR) is 88.8 cm³/mol. The maximum absolute atomic E-state index is 13.1. The number of imidazole rings is 2. The molecule has 2 heterocycles. The Balaban J connectivity index is 1.34. The zero-order valence-corrected chi connectivity index (χ0v) is 13.3. The highest BCUT2D eigenvalue weighted by Gasteiger charge is 2.05. The summed E-state index contributed by atoms with van der Waals surface area (Å²) in [4.78, 5) is 23.2. The largest absolute Gasteiger partial charge is 0.356 e. The standard InChI is InChI=1S/C17H20FN5O/c18-13-5-6-14-15(11-13)22-16(21-14)3-1-7-20-17(24)4-2-9-23-10-8-19-12-23/h5-6,8,10-12H,1-4,7,9H2,(H,20,24)(H,21,22). The average Bonchev–Trinajstić information content (AvgIpc) is 3.20. The topological polar surface area (TPSA) is 75.6 Å². The molecule has 3 aromatic rings. The number of nitrogens with one attached hydrogen (secondary N) is 2. The third-order valence-electron chi connectivity index (χ3n) is 3.78. The molecule has 0 aliphatic carbocycles. The van der Waals surface area contributed by atoms with Crippen molar-refractivity contribution < 1.29 is 9.18 Å². The van der Waals surface area contributed by atoms with Gasteiger partial charge in [-0.15, -0.1) is 0 Å². The quantitative estimate of drug-likeness (QED) is 0.623. The van der Waals surface area contributed by atoms with E-state index in [0.29, 0.717) is 24.9 Å². The Bertz CT molecular complexity index is 797. The van der Waals surface area contributed by atoms with Gasteiger partial charge in [0, 0.05) is 38.3 Å². The number of hydrogen-bond donors (Lipinski definition) is 2. The van der Waals surface area contributed by atoms with Gasteiger partial charge in [-0.05, 0) is 31.0 Å². The van der Waals surface area contributed by atoms with Crippen molar-refractivity contribution in [3.05, 3.63) is 48.6 Å². The molecule has 0 bridgehead atoms. The van der Waals surface area contributed by atoms with E-state index in [1.807, 2.05) is 10.8 Å². The van der Waals surface area contributed by atoms with Crippen LogP contribution in [0.25, 0.3) is 11.0 Å². The molecular formula is C17H20FN5O. The number of rotatable bonds is 8. The minimum Gasteiger partial charge on any atom is -0.356 e. The van der Waals surface area contributed by atoms with Crippen LogP contribution in [0.4, 0.5) is 4.39 Å². The molecule has 0 unspecified atom stereocenters. The van der Waals surface area contributed by atoms with Crippen LogP contribution in [0.15, 0.2) is 36.9 Å². The van der Waals surface area contributed by atoms with E-state index in [9.17, 15) is 9.18 Å². The molecule has 0 aliphatic rings.